The zero-order valence-electron chi connectivity index (χ0n) is 15.7. The van der Waals surface area contributed by atoms with Gasteiger partial charge >= 0.3 is 0 Å². The molecular formula is C20H30N2O3S. The molecule has 1 aromatic heterocycles. The molecule has 1 saturated heterocycles. The Labute approximate surface area is 156 Å². The largest absolute Gasteiger partial charge is 0.312 e. The molecule has 1 aliphatic carbocycles. The Morgan fingerprint density at radius 2 is 1.81 bits per heavy atom. The van der Waals surface area contributed by atoms with E-state index in [-0.39, 0.29) is 23.1 Å². The number of sulfonamides is 1. The predicted octanol–water partition coefficient (Wildman–Crippen LogP) is 3.05. The lowest BCUT2D eigenvalue weighted by atomic mass is 9.81. The number of hydrogen-bond acceptors (Lipinski definition) is 3. The van der Waals surface area contributed by atoms with Crippen LogP contribution in [-0.4, -0.2) is 36.1 Å². The number of aromatic nitrogens is 1. The third kappa shape index (κ3) is 3.26. The molecular weight excluding hydrogens is 348 g/mol. The van der Waals surface area contributed by atoms with Gasteiger partial charge < -0.3 is 4.57 Å². The van der Waals surface area contributed by atoms with Crippen molar-refractivity contribution < 1.29 is 8.42 Å². The smallest absolute Gasteiger partial charge is 0.254 e. The van der Waals surface area contributed by atoms with Crippen molar-refractivity contribution in [2.75, 3.05) is 18.8 Å². The molecule has 2 aliphatic heterocycles. The van der Waals surface area contributed by atoms with E-state index in [1.54, 1.807) is 4.31 Å². The fourth-order valence-corrected chi connectivity index (χ4v) is 6.88. The second-order valence-corrected chi connectivity index (χ2v) is 10.5. The molecule has 144 valence electrons. The van der Waals surface area contributed by atoms with E-state index in [0.717, 1.165) is 30.5 Å². The maximum atomic E-state index is 13.2. The molecule has 26 heavy (non-hydrogen) atoms. The van der Waals surface area contributed by atoms with E-state index in [0.29, 0.717) is 32.0 Å². The molecule has 1 saturated carbocycles. The molecule has 2 fully saturated rings. The highest BCUT2D eigenvalue weighted by Crippen LogP contribution is 2.37. The Morgan fingerprint density at radius 3 is 2.54 bits per heavy atom. The van der Waals surface area contributed by atoms with Gasteiger partial charge in [-0.2, -0.15) is 0 Å². The Morgan fingerprint density at radius 1 is 1.04 bits per heavy atom. The van der Waals surface area contributed by atoms with E-state index < -0.39 is 10.0 Å². The number of fused-ring (bicyclic) bond motifs is 4. The van der Waals surface area contributed by atoms with Crippen LogP contribution in [0.4, 0.5) is 0 Å². The minimum absolute atomic E-state index is 0.155. The van der Waals surface area contributed by atoms with Gasteiger partial charge in [0.25, 0.3) is 5.56 Å². The van der Waals surface area contributed by atoms with E-state index >= 15 is 0 Å². The van der Waals surface area contributed by atoms with Gasteiger partial charge in [-0.1, -0.05) is 32.3 Å². The molecule has 1 aromatic rings. The van der Waals surface area contributed by atoms with Crippen LogP contribution in [0, 0.1) is 5.92 Å². The Hall–Kier alpha value is -1.14. The number of piperidine rings is 1. The maximum absolute atomic E-state index is 13.2. The topological polar surface area (TPSA) is 59.4 Å². The second kappa shape index (κ2) is 7.12. The highest BCUT2D eigenvalue weighted by molar-refractivity contribution is 7.89. The van der Waals surface area contributed by atoms with Crippen LogP contribution >= 0.6 is 0 Å². The summed E-state index contributed by atoms with van der Waals surface area (Å²) in [6.07, 6.45) is 7.64. The summed E-state index contributed by atoms with van der Waals surface area (Å²) in [5.74, 6) is 1.05. The molecule has 0 radical (unpaired) electrons. The molecule has 3 aliphatic rings. The van der Waals surface area contributed by atoms with E-state index in [4.69, 9.17) is 0 Å². The van der Waals surface area contributed by atoms with Gasteiger partial charge in [0.05, 0.1) is 5.75 Å². The standard InChI is InChI=1S/C20H30N2O3S/c1-2-10-26(24,25)21-12-15-11-17(14-21)19-9-8-18(20(23)22(19)13-15)16-6-4-3-5-7-16/h8-9,15-17H,2-7,10-14H2,1H3/t15-,17-/m1/s1. The first-order valence-corrected chi connectivity index (χ1v) is 11.8. The zero-order chi connectivity index (χ0) is 18.3. The number of hydrogen-bond donors (Lipinski definition) is 0. The van der Waals surface area contributed by atoms with Crippen molar-refractivity contribution in [3.63, 3.8) is 0 Å². The van der Waals surface area contributed by atoms with Crippen molar-refractivity contribution in [2.24, 2.45) is 5.92 Å². The first kappa shape index (κ1) is 18.2. The molecule has 0 unspecified atom stereocenters. The maximum Gasteiger partial charge on any atom is 0.254 e. The molecule has 4 rings (SSSR count). The molecule has 0 amide bonds. The van der Waals surface area contributed by atoms with Gasteiger partial charge in [0.1, 0.15) is 0 Å². The summed E-state index contributed by atoms with van der Waals surface area (Å²) in [5, 5.41) is 0. The Kier molecular flexibility index (Phi) is 4.99. The van der Waals surface area contributed by atoms with Crippen LogP contribution in [0.1, 0.15) is 75.0 Å². The normalized spacial score (nSPS) is 27.3. The zero-order valence-corrected chi connectivity index (χ0v) is 16.5. The molecule has 0 spiro atoms. The van der Waals surface area contributed by atoms with Crippen LogP contribution < -0.4 is 5.56 Å². The minimum atomic E-state index is -3.17. The molecule has 3 heterocycles. The van der Waals surface area contributed by atoms with Crippen LogP contribution in [0.5, 0.6) is 0 Å². The van der Waals surface area contributed by atoms with Gasteiger partial charge in [0.2, 0.25) is 10.0 Å². The minimum Gasteiger partial charge on any atom is -0.312 e. The molecule has 0 N–H and O–H groups in total. The quantitative estimate of drug-likeness (QED) is 0.809. The summed E-state index contributed by atoms with van der Waals surface area (Å²) < 4.78 is 28.7. The lowest BCUT2D eigenvalue weighted by molar-refractivity contribution is 0.185. The Balaban J connectivity index is 1.63. The Bertz CT molecular complexity index is 824. The summed E-state index contributed by atoms with van der Waals surface area (Å²) in [5.41, 5.74) is 2.22. The number of nitrogens with zero attached hydrogens (tertiary/aromatic N) is 2. The van der Waals surface area contributed by atoms with Crippen molar-refractivity contribution in [2.45, 2.75) is 70.3 Å². The molecule has 2 atom stereocenters. The third-order valence-electron chi connectivity index (χ3n) is 6.50. The van der Waals surface area contributed by atoms with E-state index in [1.807, 2.05) is 17.6 Å². The summed E-state index contributed by atoms with van der Waals surface area (Å²) >= 11 is 0. The average Bonchev–Trinajstić information content (AvgIpc) is 2.63. The van der Waals surface area contributed by atoms with Gasteiger partial charge in [0.15, 0.2) is 0 Å². The summed E-state index contributed by atoms with van der Waals surface area (Å²) in [6.45, 7) is 3.67. The summed E-state index contributed by atoms with van der Waals surface area (Å²) in [6, 6.07) is 4.16. The fourth-order valence-electron chi connectivity index (χ4n) is 5.26. The first-order valence-electron chi connectivity index (χ1n) is 10.2. The monoisotopic (exact) mass is 378 g/mol. The first-order chi connectivity index (χ1) is 12.5. The van der Waals surface area contributed by atoms with Gasteiger partial charge in [-0.3, -0.25) is 4.79 Å². The SMILES string of the molecule is CCCS(=O)(=O)N1C[C@H]2C[C@H](C1)c1ccc(C3CCCCC3)c(=O)n1C2. The van der Waals surface area contributed by atoms with Gasteiger partial charge in [-0.05, 0) is 43.6 Å². The van der Waals surface area contributed by atoms with E-state index in [9.17, 15) is 13.2 Å². The number of rotatable bonds is 4. The molecule has 0 aromatic carbocycles. The van der Waals surface area contributed by atoms with Crippen molar-refractivity contribution in [3.8, 4) is 0 Å². The van der Waals surface area contributed by atoms with Crippen molar-refractivity contribution in [3.05, 3.63) is 33.7 Å². The molecule has 5 nitrogen and oxygen atoms in total. The van der Waals surface area contributed by atoms with E-state index in [2.05, 4.69) is 6.07 Å². The average molecular weight is 379 g/mol. The van der Waals surface area contributed by atoms with E-state index in [1.165, 1.54) is 19.3 Å². The highest BCUT2D eigenvalue weighted by atomic mass is 32.2. The van der Waals surface area contributed by atoms with Crippen molar-refractivity contribution >= 4 is 10.0 Å². The number of pyridine rings is 1. The van der Waals surface area contributed by atoms with Crippen LogP contribution in [0.25, 0.3) is 0 Å². The fraction of sp³-hybridized carbons (Fsp3) is 0.750. The molecule has 2 bridgehead atoms. The third-order valence-corrected chi connectivity index (χ3v) is 8.51. The highest BCUT2D eigenvalue weighted by Gasteiger charge is 2.39. The van der Waals surface area contributed by atoms with Crippen molar-refractivity contribution in [1.29, 1.82) is 0 Å². The van der Waals surface area contributed by atoms with Crippen LogP contribution in [0.3, 0.4) is 0 Å². The summed E-state index contributed by atoms with van der Waals surface area (Å²) in [4.78, 5) is 13.2. The predicted molar refractivity (Wildman–Crippen MR) is 103 cm³/mol. The van der Waals surface area contributed by atoms with Crippen LogP contribution in [0.2, 0.25) is 0 Å². The van der Waals surface area contributed by atoms with Gasteiger partial charge in [-0.15, -0.1) is 0 Å². The van der Waals surface area contributed by atoms with Gasteiger partial charge in [-0.25, -0.2) is 12.7 Å². The lowest BCUT2D eigenvalue weighted by Gasteiger charge is -2.42. The van der Waals surface area contributed by atoms with Crippen LogP contribution in [0.15, 0.2) is 16.9 Å². The molecule has 6 heteroatoms. The van der Waals surface area contributed by atoms with Crippen molar-refractivity contribution in [1.82, 2.24) is 8.87 Å². The van der Waals surface area contributed by atoms with Gasteiger partial charge in [0, 0.05) is 36.8 Å². The lowest BCUT2D eigenvalue weighted by Crippen LogP contribution is -2.50. The second-order valence-electron chi connectivity index (χ2n) is 8.40. The van der Waals surface area contributed by atoms with Crippen LogP contribution in [-0.2, 0) is 16.6 Å². The summed E-state index contributed by atoms with van der Waals surface area (Å²) in [7, 11) is -3.17.